The molecule has 0 aliphatic heterocycles. The quantitative estimate of drug-likeness (QED) is 0.339. The molecule has 0 heterocycles. The van der Waals surface area contributed by atoms with Gasteiger partial charge in [-0.15, -0.1) is 13.2 Å². The van der Waals surface area contributed by atoms with E-state index in [0.29, 0.717) is 12.1 Å². The monoisotopic (exact) mass is 339 g/mol. The fraction of sp³-hybridized carbons (Fsp3) is 0.182. The molecule has 0 atom stereocenters. The predicted molar refractivity (Wildman–Crippen MR) is 66.7 cm³/mol. The molecular formula is C11H7F6N5O. The number of hydrogen-bond acceptors (Lipinski definition) is 5. The van der Waals surface area contributed by atoms with Gasteiger partial charge in [-0.1, -0.05) is 0 Å². The van der Waals surface area contributed by atoms with Crippen LogP contribution in [0.25, 0.3) is 0 Å². The van der Waals surface area contributed by atoms with E-state index in [1.165, 1.54) is 6.07 Å². The second-order valence-corrected chi connectivity index (χ2v) is 3.85. The van der Waals surface area contributed by atoms with Gasteiger partial charge in [0.05, 0.1) is 11.3 Å². The van der Waals surface area contributed by atoms with E-state index in [9.17, 15) is 26.3 Å². The van der Waals surface area contributed by atoms with E-state index in [-0.39, 0.29) is 6.07 Å². The number of amidine groups is 1. The zero-order chi connectivity index (χ0) is 17.8. The lowest BCUT2D eigenvalue weighted by Gasteiger charge is -2.15. The lowest BCUT2D eigenvalue weighted by molar-refractivity contribution is -0.274. The minimum atomic E-state index is -5.15. The van der Waals surface area contributed by atoms with E-state index in [4.69, 9.17) is 16.4 Å². The fourth-order valence-corrected chi connectivity index (χ4v) is 1.31. The number of ether oxygens (including phenoxy) is 1. The number of alkyl halides is 6. The normalized spacial score (nSPS) is 12.5. The molecule has 23 heavy (non-hydrogen) atoms. The summed E-state index contributed by atoms with van der Waals surface area (Å²) in [6.45, 7) is 0. The van der Waals surface area contributed by atoms with Crippen molar-refractivity contribution in [2.24, 2.45) is 10.8 Å². The van der Waals surface area contributed by atoms with Crippen LogP contribution in [0.3, 0.4) is 0 Å². The van der Waals surface area contributed by atoms with Gasteiger partial charge < -0.3 is 10.5 Å². The molecule has 4 N–H and O–H groups in total. The molecule has 0 amide bonds. The topological polar surface area (TPSA) is 107 Å². The summed E-state index contributed by atoms with van der Waals surface area (Å²) >= 11 is 0. The molecule has 1 aromatic rings. The summed E-state index contributed by atoms with van der Waals surface area (Å²) in [6.07, 6.45) is -10.2. The van der Waals surface area contributed by atoms with Crippen molar-refractivity contribution in [2.45, 2.75) is 12.5 Å². The minimum Gasteiger partial charge on any atom is -0.406 e. The van der Waals surface area contributed by atoms with Gasteiger partial charge in [-0.25, -0.2) is 0 Å². The number of hydrogen-bond donors (Lipinski definition) is 3. The van der Waals surface area contributed by atoms with E-state index in [1.54, 1.807) is 0 Å². The molecule has 0 bridgehead atoms. The first kappa shape index (κ1) is 18.1. The number of nitriles is 1. The maximum Gasteiger partial charge on any atom is 0.573 e. The number of hydrazone groups is 1. The lowest BCUT2D eigenvalue weighted by Crippen LogP contribution is -2.22. The van der Waals surface area contributed by atoms with Crippen LogP contribution >= 0.6 is 0 Å². The zero-order valence-corrected chi connectivity index (χ0v) is 10.9. The molecule has 0 spiro atoms. The van der Waals surface area contributed by atoms with Crippen LogP contribution in [0.15, 0.2) is 23.3 Å². The molecule has 0 aromatic heterocycles. The third kappa shape index (κ3) is 5.38. The molecular weight excluding hydrogens is 332 g/mol. The van der Waals surface area contributed by atoms with Gasteiger partial charge in [0.1, 0.15) is 11.8 Å². The fourth-order valence-electron chi connectivity index (χ4n) is 1.31. The Balaban J connectivity index is 3.23. The Bertz CT molecular complexity index is 673. The van der Waals surface area contributed by atoms with Gasteiger partial charge in [0, 0.05) is 0 Å². The Morgan fingerprint density at radius 3 is 2.30 bits per heavy atom. The van der Waals surface area contributed by atoms with Gasteiger partial charge in [-0.2, -0.15) is 23.5 Å². The van der Waals surface area contributed by atoms with Gasteiger partial charge in [-0.05, 0) is 18.2 Å². The molecule has 0 aliphatic carbocycles. The van der Waals surface area contributed by atoms with Crippen LogP contribution in [0.4, 0.5) is 32.0 Å². The van der Waals surface area contributed by atoms with Crippen molar-refractivity contribution in [1.82, 2.24) is 0 Å². The zero-order valence-electron chi connectivity index (χ0n) is 10.9. The summed E-state index contributed by atoms with van der Waals surface area (Å²) in [5.41, 5.74) is 3.82. The number of anilines is 1. The number of rotatable bonds is 4. The van der Waals surface area contributed by atoms with Crippen LogP contribution in [-0.2, 0) is 6.18 Å². The number of nitrogens with one attached hydrogen (secondary N) is 2. The predicted octanol–water partition coefficient (Wildman–Crippen LogP) is 2.83. The Kier molecular flexibility index (Phi) is 5.05. The van der Waals surface area contributed by atoms with Crippen molar-refractivity contribution < 1.29 is 31.1 Å². The summed E-state index contributed by atoms with van der Waals surface area (Å²) < 4.78 is 78.1. The first-order valence-corrected chi connectivity index (χ1v) is 5.49. The molecule has 0 saturated heterocycles. The molecule has 0 fully saturated rings. The van der Waals surface area contributed by atoms with Crippen molar-refractivity contribution >= 4 is 17.2 Å². The number of nitrogens with zero attached hydrogens (tertiary/aromatic N) is 2. The second kappa shape index (κ2) is 6.42. The van der Waals surface area contributed by atoms with Crippen LogP contribution in [0.2, 0.25) is 0 Å². The first-order valence-electron chi connectivity index (χ1n) is 5.49. The SMILES string of the molecule is N#C/C(=N\Nc1ccc(OC(F)(F)F)cc1C(F)(F)F)C(=N)N. The summed E-state index contributed by atoms with van der Waals surface area (Å²) in [4.78, 5) is 0. The van der Waals surface area contributed by atoms with Gasteiger partial charge in [0.2, 0.25) is 5.71 Å². The van der Waals surface area contributed by atoms with Crippen LogP contribution in [0.1, 0.15) is 5.56 Å². The van der Waals surface area contributed by atoms with Crippen molar-refractivity contribution in [1.29, 1.82) is 10.7 Å². The lowest BCUT2D eigenvalue weighted by atomic mass is 10.1. The highest BCUT2D eigenvalue weighted by molar-refractivity contribution is 6.45. The second-order valence-electron chi connectivity index (χ2n) is 3.85. The average Bonchev–Trinajstić information content (AvgIpc) is 2.37. The van der Waals surface area contributed by atoms with Crippen LogP contribution < -0.4 is 15.9 Å². The summed E-state index contributed by atoms with van der Waals surface area (Å²) in [5, 5.41) is 18.7. The van der Waals surface area contributed by atoms with Gasteiger partial charge in [0.15, 0.2) is 5.84 Å². The van der Waals surface area contributed by atoms with Gasteiger partial charge in [-0.3, -0.25) is 10.8 Å². The third-order valence-corrected chi connectivity index (χ3v) is 2.18. The molecule has 0 saturated carbocycles. The van der Waals surface area contributed by atoms with Crippen molar-refractivity contribution in [3.05, 3.63) is 23.8 Å². The van der Waals surface area contributed by atoms with E-state index < -0.39 is 41.1 Å². The standard InChI is InChI=1S/C11H7F6N5O/c12-10(13,14)6-3-5(23-11(15,16)17)1-2-7(6)21-22-8(4-18)9(19)20/h1-3,21H,(H3,19,20)/b22-8+. The van der Waals surface area contributed by atoms with E-state index in [2.05, 4.69) is 9.84 Å². The van der Waals surface area contributed by atoms with E-state index in [0.717, 1.165) is 0 Å². The highest BCUT2D eigenvalue weighted by atomic mass is 19.4. The van der Waals surface area contributed by atoms with E-state index >= 15 is 0 Å². The smallest absolute Gasteiger partial charge is 0.406 e. The molecule has 1 aromatic carbocycles. The maximum atomic E-state index is 12.9. The highest BCUT2D eigenvalue weighted by Gasteiger charge is 2.36. The van der Waals surface area contributed by atoms with Crippen molar-refractivity contribution in [3.8, 4) is 11.8 Å². The molecule has 1 rings (SSSR count). The van der Waals surface area contributed by atoms with Gasteiger partial charge in [0.25, 0.3) is 0 Å². The number of halogens is 6. The molecule has 6 nitrogen and oxygen atoms in total. The molecule has 0 aliphatic rings. The molecule has 0 unspecified atom stereocenters. The van der Waals surface area contributed by atoms with Gasteiger partial charge >= 0.3 is 12.5 Å². The number of nitrogens with two attached hydrogens (primary N) is 1. The van der Waals surface area contributed by atoms with Crippen LogP contribution in [-0.4, -0.2) is 17.9 Å². The Morgan fingerprint density at radius 2 is 1.87 bits per heavy atom. The third-order valence-electron chi connectivity index (χ3n) is 2.18. The van der Waals surface area contributed by atoms with Crippen molar-refractivity contribution in [2.75, 3.05) is 5.43 Å². The summed E-state index contributed by atoms with van der Waals surface area (Å²) in [7, 11) is 0. The van der Waals surface area contributed by atoms with E-state index in [1.807, 2.05) is 5.43 Å². The largest absolute Gasteiger partial charge is 0.573 e. The molecule has 12 heteroatoms. The molecule has 0 radical (unpaired) electrons. The highest BCUT2D eigenvalue weighted by Crippen LogP contribution is 2.38. The molecule has 124 valence electrons. The minimum absolute atomic E-state index is 0.116. The number of benzene rings is 1. The Morgan fingerprint density at radius 1 is 1.26 bits per heavy atom. The first-order chi connectivity index (χ1) is 10.4. The Labute approximate surface area is 124 Å². The van der Waals surface area contributed by atoms with Crippen LogP contribution in [0, 0.1) is 16.7 Å². The summed E-state index contributed by atoms with van der Waals surface area (Å²) in [5.74, 6) is -1.88. The maximum absolute atomic E-state index is 12.9. The Hall–Kier alpha value is -2.97. The average molecular weight is 339 g/mol. The van der Waals surface area contributed by atoms with Crippen molar-refractivity contribution in [3.63, 3.8) is 0 Å². The van der Waals surface area contributed by atoms with Crippen LogP contribution in [0.5, 0.6) is 5.75 Å². The summed E-state index contributed by atoms with van der Waals surface area (Å²) in [6, 6.07) is 2.72.